The van der Waals surface area contributed by atoms with Crippen LogP contribution in [0, 0.1) is 0 Å². The lowest BCUT2D eigenvalue weighted by Gasteiger charge is -2.34. The van der Waals surface area contributed by atoms with Gasteiger partial charge in [-0.1, -0.05) is 6.07 Å². The van der Waals surface area contributed by atoms with Crippen molar-refractivity contribution in [3.05, 3.63) is 29.8 Å². The molecular weight excluding hydrogens is 342 g/mol. The van der Waals surface area contributed by atoms with Crippen LogP contribution in [-0.2, 0) is 14.8 Å². The second-order valence-corrected chi connectivity index (χ2v) is 8.26. The van der Waals surface area contributed by atoms with Crippen molar-refractivity contribution >= 4 is 15.9 Å². The van der Waals surface area contributed by atoms with Gasteiger partial charge >= 0.3 is 0 Å². The molecule has 1 heterocycles. The van der Waals surface area contributed by atoms with Gasteiger partial charge < -0.3 is 15.4 Å². The third-order valence-electron chi connectivity index (χ3n) is 4.01. The number of benzene rings is 1. The number of carbonyl (C=O) groups is 1. The number of carbonyl (C=O) groups excluding carboxylic acids is 1. The molecule has 1 aliphatic heterocycles. The van der Waals surface area contributed by atoms with E-state index in [1.807, 2.05) is 20.9 Å². The first-order valence-electron chi connectivity index (χ1n) is 8.53. The summed E-state index contributed by atoms with van der Waals surface area (Å²) in [5.74, 6) is -0.267. The standard InChI is InChI=1S/C17H27N3O4S/c1-13-11-20(12-14(2)24-13)25(22,23)16-7-4-6-15(10-16)17(21)19-9-5-8-18-3/h4,6-7,10,13-14,18H,5,8-9,11-12H2,1-3H3,(H,19,21). The minimum Gasteiger partial charge on any atom is -0.373 e. The van der Waals surface area contributed by atoms with E-state index in [4.69, 9.17) is 4.74 Å². The maximum Gasteiger partial charge on any atom is 0.251 e. The summed E-state index contributed by atoms with van der Waals surface area (Å²) in [5, 5.41) is 5.81. The van der Waals surface area contributed by atoms with Crippen molar-refractivity contribution in [2.75, 3.05) is 33.2 Å². The fourth-order valence-corrected chi connectivity index (χ4v) is 4.48. The molecule has 2 N–H and O–H groups in total. The number of ether oxygens (including phenoxy) is 1. The third-order valence-corrected chi connectivity index (χ3v) is 5.84. The summed E-state index contributed by atoms with van der Waals surface area (Å²) in [6.45, 7) is 5.68. The summed E-state index contributed by atoms with van der Waals surface area (Å²) < 4.78 is 32.8. The Morgan fingerprint density at radius 2 is 1.92 bits per heavy atom. The Balaban J connectivity index is 2.12. The quantitative estimate of drug-likeness (QED) is 0.695. The Morgan fingerprint density at radius 3 is 2.56 bits per heavy atom. The van der Waals surface area contributed by atoms with Crippen LogP contribution in [0.1, 0.15) is 30.6 Å². The Hall–Kier alpha value is -1.48. The predicted molar refractivity (Wildman–Crippen MR) is 96.1 cm³/mol. The summed E-state index contributed by atoms with van der Waals surface area (Å²) in [6, 6.07) is 6.19. The van der Waals surface area contributed by atoms with E-state index in [1.54, 1.807) is 12.1 Å². The molecule has 0 radical (unpaired) electrons. The third kappa shape index (κ3) is 5.24. The van der Waals surface area contributed by atoms with Gasteiger partial charge in [0.15, 0.2) is 0 Å². The zero-order chi connectivity index (χ0) is 18.4. The number of rotatable bonds is 7. The number of nitrogens with zero attached hydrogens (tertiary/aromatic N) is 1. The van der Waals surface area contributed by atoms with E-state index in [-0.39, 0.29) is 23.0 Å². The van der Waals surface area contributed by atoms with Crippen molar-refractivity contribution in [1.29, 1.82) is 0 Å². The minimum atomic E-state index is -3.65. The van der Waals surface area contributed by atoms with E-state index in [1.165, 1.54) is 16.4 Å². The normalized spacial score (nSPS) is 21.9. The molecule has 1 fully saturated rings. The number of nitrogens with one attached hydrogen (secondary N) is 2. The maximum absolute atomic E-state index is 12.9. The molecule has 140 valence electrons. The van der Waals surface area contributed by atoms with Crippen LogP contribution in [0.3, 0.4) is 0 Å². The van der Waals surface area contributed by atoms with E-state index >= 15 is 0 Å². The fraction of sp³-hybridized carbons (Fsp3) is 0.588. The van der Waals surface area contributed by atoms with E-state index in [9.17, 15) is 13.2 Å². The van der Waals surface area contributed by atoms with Crippen LogP contribution in [0.5, 0.6) is 0 Å². The van der Waals surface area contributed by atoms with Crippen molar-refractivity contribution in [2.24, 2.45) is 0 Å². The van der Waals surface area contributed by atoms with Gasteiger partial charge in [-0.15, -0.1) is 0 Å². The SMILES string of the molecule is CNCCCNC(=O)c1cccc(S(=O)(=O)N2CC(C)OC(C)C2)c1. The van der Waals surface area contributed by atoms with E-state index in [0.29, 0.717) is 25.2 Å². The molecule has 1 aromatic carbocycles. The van der Waals surface area contributed by atoms with Crippen LogP contribution < -0.4 is 10.6 Å². The molecule has 8 heteroatoms. The van der Waals surface area contributed by atoms with Gasteiger partial charge in [-0.2, -0.15) is 4.31 Å². The Bertz CT molecular complexity index is 683. The highest BCUT2D eigenvalue weighted by Gasteiger charge is 2.32. The molecule has 1 amide bonds. The summed E-state index contributed by atoms with van der Waals surface area (Å²) in [7, 11) is -1.80. The van der Waals surface area contributed by atoms with E-state index < -0.39 is 10.0 Å². The Labute approximate surface area is 149 Å². The molecule has 1 aliphatic rings. The van der Waals surface area contributed by atoms with Crippen molar-refractivity contribution in [2.45, 2.75) is 37.4 Å². The lowest BCUT2D eigenvalue weighted by Crippen LogP contribution is -2.48. The molecular formula is C17H27N3O4S. The van der Waals surface area contributed by atoms with Gasteiger partial charge in [-0.05, 0) is 52.1 Å². The van der Waals surface area contributed by atoms with Crippen molar-refractivity contribution < 1.29 is 17.9 Å². The van der Waals surface area contributed by atoms with E-state index in [0.717, 1.165) is 13.0 Å². The van der Waals surface area contributed by atoms with Gasteiger partial charge in [-0.3, -0.25) is 4.79 Å². The number of amides is 1. The zero-order valence-electron chi connectivity index (χ0n) is 15.0. The largest absolute Gasteiger partial charge is 0.373 e. The van der Waals surface area contributed by atoms with Crippen molar-refractivity contribution in [3.63, 3.8) is 0 Å². The average molecular weight is 369 g/mol. The summed E-state index contributed by atoms with van der Waals surface area (Å²) in [6.07, 6.45) is 0.499. The van der Waals surface area contributed by atoms with Gasteiger partial charge in [0, 0.05) is 25.2 Å². The fourth-order valence-electron chi connectivity index (χ4n) is 2.84. The summed E-state index contributed by atoms with van der Waals surface area (Å²) >= 11 is 0. The lowest BCUT2D eigenvalue weighted by molar-refractivity contribution is -0.0440. The summed E-state index contributed by atoms with van der Waals surface area (Å²) in [4.78, 5) is 12.3. The molecule has 0 spiro atoms. The first-order chi connectivity index (χ1) is 11.8. The highest BCUT2D eigenvalue weighted by molar-refractivity contribution is 7.89. The van der Waals surface area contributed by atoms with Crippen LogP contribution in [0.2, 0.25) is 0 Å². The highest BCUT2D eigenvalue weighted by Crippen LogP contribution is 2.21. The molecule has 2 rings (SSSR count). The zero-order valence-corrected chi connectivity index (χ0v) is 15.8. The topological polar surface area (TPSA) is 87.7 Å². The first-order valence-corrected chi connectivity index (χ1v) is 9.97. The predicted octanol–water partition coefficient (Wildman–Crippen LogP) is 0.824. The molecule has 1 aromatic rings. The Kier molecular flexibility index (Phi) is 6.95. The van der Waals surface area contributed by atoms with Gasteiger partial charge in [0.25, 0.3) is 5.91 Å². The van der Waals surface area contributed by atoms with Gasteiger partial charge in [-0.25, -0.2) is 8.42 Å². The highest BCUT2D eigenvalue weighted by atomic mass is 32.2. The van der Waals surface area contributed by atoms with Gasteiger partial charge in [0.1, 0.15) is 0 Å². The molecule has 0 saturated carbocycles. The van der Waals surface area contributed by atoms with Gasteiger partial charge in [0.05, 0.1) is 17.1 Å². The number of morpholine rings is 1. The smallest absolute Gasteiger partial charge is 0.251 e. The van der Waals surface area contributed by atoms with Crippen LogP contribution in [0.15, 0.2) is 29.2 Å². The molecule has 1 saturated heterocycles. The lowest BCUT2D eigenvalue weighted by atomic mass is 10.2. The molecule has 0 bridgehead atoms. The van der Waals surface area contributed by atoms with Crippen LogP contribution in [-0.4, -0.2) is 64.1 Å². The molecule has 25 heavy (non-hydrogen) atoms. The van der Waals surface area contributed by atoms with Crippen LogP contribution in [0.25, 0.3) is 0 Å². The molecule has 2 unspecified atom stereocenters. The number of sulfonamides is 1. The van der Waals surface area contributed by atoms with E-state index in [2.05, 4.69) is 10.6 Å². The Morgan fingerprint density at radius 1 is 1.24 bits per heavy atom. The molecule has 2 atom stereocenters. The van der Waals surface area contributed by atoms with Crippen LogP contribution in [0.4, 0.5) is 0 Å². The number of hydrogen-bond acceptors (Lipinski definition) is 5. The molecule has 7 nitrogen and oxygen atoms in total. The second-order valence-electron chi connectivity index (χ2n) is 6.32. The average Bonchev–Trinajstić information content (AvgIpc) is 2.58. The maximum atomic E-state index is 12.9. The van der Waals surface area contributed by atoms with Crippen molar-refractivity contribution in [3.8, 4) is 0 Å². The van der Waals surface area contributed by atoms with Gasteiger partial charge in [0.2, 0.25) is 10.0 Å². The summed E-state index contributed by atoms with van der Waals surface area (Å²) in [5.41, 5.74) is 0.347. The first kappa shape index (κ1) is 19.8. The van der Waals surface area contributed by atoms with Crippen LogP contribution >= 0.6 is 0 Å². The number of hydrogen-bond donors (Lipinski definition) is 2. The molecule has 0 aromatic heterocycles. The minimum absolute atomic E-state index is 0.136. The second kappa shape index (κ2) is 8.75. The van der Waals surface area contributed by atoms with Crippen molar-refractivity contribution in [1.82, 2.24) is 14.9 Å². The monoisotopic (exact) mass is 369 g/mol. The molecule has 0 aliphatic carbocycles.